The van der Waals surface area contributed by atoms with Gasteiger partial charge in [-0.25, -0.2) is 0 Å². The molecule has 7 nitrogen and oxygen atoms in total. The first-order valence-electron chi connectivity index (χ1n) is 7.07. The van der Waals surface area contributed by atoms with Crippen LogP contribution in [0.25, 0.3) is 0 Å². The smallest absolute Gasteiger partial charge is 0.224 e. The Morgan fingerprint density at radius 2 is 1.87 bits per heavy atom. The van der Waals surface area contributed by atoms with E-state index in [0.717, 1.165) is 22.9 Å². The Morgan fingerprint density at radius 1 is 1.09 bits per heavy atom. The second kappa shape index (κ2) is 8.84. The normalized spacial score (nSPS) is 10.1. The summed E-state index contributed by atoms with van der Waals surface area (Å²) in [5, 5.41) is 14.0. The van der Waals surface area contributed by atoms with Gasteiger partial charge in [-0.05, 0) is 30.7 Å². The van der Waals surface area contributed by atoms with Gasteiger partial charge in [0.15, 0.2) is 5.82 Å². The first-order valence-corrected chi connectivity index (χ1v) is 8.06. The molecule has 0 aromatic carbocycles. The predicted octanol–water partition coefficient (Wildman–Crippen LogP) is 2.34. The van der Waals surface area contributed by atoms with Crippen LogP contribution in [0.4, 0.5) is 11.5 Å². The van der Waals surface area contributed by atoms with Crippen LogP contribution in [0.5, 0.6) is 0 Å². The van der Waals surface area contributed by atoms with Crippen LogP contribution < -0.4 is 10.6 Å². The Kier molecular flexibility index (Phi) is 6.49. The number of thioether (sulfide) groups is 1. The number of carbonyl (C=O) groups is 2. The van der Waals surface area contributed by atoms with Crippen LogP contribution >= 0.6 is 11.8 Å². The molecule has 0 saturated carbocycles. The van der Waals surface area contributed by atoms with Crippen molar-refractivity contribution in [2.24, 2.45) is 0 Å². The summed E-state index contributed by atoms with van der Waals surface area (Å²) in [7, 11) is 0. The summed E-state index contributed by atoms with van der Waals surface area (Å²) in [6.07, 6.45) is 4.44. The average Bonchev–Trinajstić information content (AvgIpc) is 2.53. The van der Waals surface area contributed by atoms with Gasteiger partial charge in [-0.2, -0.15) is 0 Å². The zero-order valence-corrected chi connectivity index (χ0v) is 13.5. The van der Waals surface area contributed by atoms with Gasteiger partial charge >= 0.3 is 0 Å². The highest BCUT2D eigenvalue weighted by atomic mass is 32.2. The minimum absolute atomic E-state index is 0.0242. The number of nitrogens with one attached hydrogen (secondary N) is 2. The zero-order valence-electron chi connectivity index (χ0n) is 12.7. The van der Waals surface area contributed by atoms with Crippen molar-refractivity contribution in [1.82, 2.24) is 15.2 Å². The molecule has 2 N–H and O–H groups in total. The lowest BCUT2D eigenvalue weighted by molar-refractivity contribution is -0.116. The summed E-state index contributed by atoms with van der Waals surface area (Å²) in [5.74, 6) is 0.986. The molecule has 0 aliphatic rings. The molecule has 0 aliphatic carbocycles. The largest absolute Gasteiger partial charge is 0.326 e. The van der Waals surface area contributed by atoms with Crippen LogP contribution in [0.15, 0.2) is 41.7 Å². The van der Waals surface area contributed by atoms with Crippen LogP contribution in [0, 0.1) is 0 Å². The predicted molar refractivity (Wildman–Crippen MR) is 89.2 cm³/mol. The fourth-order valence-corrected chi connectivity index (χ4v) is 2.47. The molecule has 2 heterocycles. The fourth-order valence-electron chi connectivity index (χ4n) is 1.71. The van der Waals surface area contributed by atoms with Crippen LogP contribution in [0.3, 0.4) is 0 Å². The van der Waals surface area contributed by atoms with E-state index in [-0.39, 0.29) is 11.8 Å². The van der Waals surface area contributed by atoms with Crippen molar-refractivity contribution in [2.45, 2.75) is 24.8 Å². The molecule has 0 atom stereocenters. The topological polar surface area (TPSA) is 96.9 Å². The third-order valence-electron chi connectivity index (χ3n) is 2.71. The van der Waals surface area contributed by atoms with E-state index < -0.39 is 0 Å². The molecule has 8 heteroatoms. The summed E-state index contributed by atoms with van der Waals surface area (Å²) in [6.45, 7) is 1.42. The second-order valence-corrected chi connectivity index (χ2v) is 5.79. The molecule has 2 amide bonds. The highest BCUT2D eigenvalue weighted by Crippen LogP contribution is 2.17. The molecule has 0 fully saturated rings. The van der Waals surface area contributed by atoms with E-state index in [1.165, 1.54) is 18.7 Å². The lowest BCUT2D eigenvalue weighted by atomic mass is 10.3. The molecule has 2 aromatic heterocycles. The summed E-state index contributed by atoms with van der Waals surface area (Å²) in [4.78, 5) is 26.5. The molecular weight excluding hydrogens is 314 g/mol. The van der Waals surface area contributed by atoms with Crippen molar-refractivity contribution in [3.8, 4) is 0 Å². The van der Waals surface area contributed by atoms with Gasteiger partial charge in [0.25, 0.3) is 0 Å². The molecule has 0 radical (unpaired) electrons. The highest BCUT2D eigenvalue weighted by Gasteiger charge is 2.04. The fraction of sp³-hybridized carbons (Fsp3) is 0.267. The number of anilines is 2. The minimum Gasteiger partial charge on any atom is -0.326 e. The Hall–Kier alpha value is -2.48. The van der Waals surface area contributed by atoms with Crippen molar-refractivity contribution >= 4 is 35.1 Å². The maximum atomic E-state index is 11.8. The highest BCUT2D eigenvalue weighted by molar-refractivity contribution is 7.99. The van der Waals surface area contributed by atoms with Gasteiger partial charge < -0.3 is 10.6 Å². The second-order valence-electron chi connectivity index (χ2n) is 4.67. The van der Waals surface area contributed by atoms with Crippen molar-refractivity contribution in [3.05, 3.63) is 36.7 Å². The number of pyridine rings is 1. The van der Waals surface area contributed by atoms with E-state index in [0.29, 0.717) is 12.2 Å². The van der Waals surface area contributed by atoms with E-state index in [9.17, 15) is 9.59 Å². The molecule has 0 spiro atoms. The number of hydrogen-bond donors (Lipinski definition) is 2. The van der Waals surface area contributed by atoms with E-state index in [4.69, 9.17) is 0 Å². The molecular formula is C15H17N5O2S. The molecule has 2 rings (SSSR count). The van der Waals surface area contributed by atoms with Crippen molar-refractivity contribution < 1.29 is 9.59 Å². The number of aromatic nitrogens is 3. The molecule has 0 bridgehead atoms. The van der Waals surface area contributed by atoms with Gasteiger partial charge in [-0.1, -0.05) is 0 Å². The maximum Gasteiger partial charge on any atom is 0.224 e. The lowest BCUT2D eigenvalue weighted by Gasteiger charge is -2.05. The lowest BCUT2D eigenvalue weighted by Crippen LogP contribution is -2.11. The standard InChI is InChI=1S/C15H17N5O2S/c1-11(21)17-13-4-5-15(20-19-13)23-10-2-3-14(22)18-12-6-8-16-9-7-12/h4-9H,2-3,10H2,1H3,(H,16,18,22)(H,17,19,21). The molecule has 23 heavy (non-hydrogen) atoms. The van der Waals surface area contributed by atoms with Crippen molar-refractivity contribution in [1.29, 1.82) is 0 Å². The van der Waals surface area contributed by atoms with Gasteiger partial charge in [-0.3, -0.25) is 14.6 Å². The third kappa shape index (κ3) is 6.43. The molecule has 120 valence electrons. The van der Waals surface area contributed by atoms with Crippen LogP contribution in [-0.4, -0.2) is 32.7 Å². The van der Waals surface area contributed by atoms with Gasteiger partial charge in [0, 0.05) is 37.2 Å². The Morgan fingerprint density at radius 3 is 2.52 bits per heavy atom. The van der Waals surface area contributed by atoms with Crippen molar-refractivity contribution in [3.63, 3.8) is 0 Å². The number of rotatable bonds is 7. The number of hydrogen-bond acceptors (Lipinski definition) is 6. The summed E-state index contributed by atoms with van der Waals surface area (Å²) in [5.41, 5.74) is 0.747. The molecule has 2 aromatic rings. The van der Waals surface area contributed by atoms with Gasteiger partial charge in [0.2, 0.25) is 11.8 Å². The van der Waals surface area contributed by atoms with Crippen LogP contribution in [0.2, 0.25) is 0 Å². The Bertz CT molecular complexity index is 649. The Balaban J connectivity index is 1.67. The van der Waals surface area contributed by atoms with Gasteiger partial charge in [0.05, 0.1) is 0 Å². The quantitative estimate of drug-likeness (QED) is 0.597. The molecule has 0 saturated heterocycles. The monoisotopic (exact) mass is 331 g/mol. The zero-order chi connectivity index (χ0) is 16.5. The average molecular weight is 331 g/mol. The number of amides is 2. The molecule has 0 aliphatic heterocycles. The molecule has 0 unspecified atom stereocenters. The third-order valence-corrected chi connectivity index (χ3v) is 3.71. The first-order chi connectivity index (χ1) is 11.1. The Labute approximate surface area is 138 Å². The summed E-state index contributed by atoms with van der Waals surface area (Å²) >= 11 is 1.52. The summed E-state index contributed by atoms with van der Waals surface area (Å²) in [6, 6.07) is 6.99. The van der Waals surface area contributed by atoms with E-state index in [2.05, 4.69) is 25.8 Å². The van der Waals surface area contributed by atoms with Crippen molar-refractivity contribution in [2.75, 3.05) is 16.4 Å². The minimum atomic E-state index is -0.181. The van der Waals surface area contributed by atoms with Gasteiger partial charge in [-0.15, -0.1) is 22.0 Å². The van der Waals surface area contributed by atoms with Gasteiger partial charge in [0.1, 0.15) is 5.03 Å². The number of carbonyl (C=O) groups excluding carboxylic acids is 2. The summed E-state index contributed by atoms with van der Waals surface area (Å²) < 4.78 is 0. The van der Waals surface area contributed by atoms with Crippen LogP contribution in [0.1, 0.15) is 19.8 Å². The van der Waals surface area contributed by atoms with Crippen LogP contribution in [-0.2, 0) is 9.59 Å². The van der Waals surface area contributed by atoms with E-state index >= 15 is 0 Å². The maximum absolute atomic E-state index is 11.8. The number of nitrogens with zero attached hydrogens (tertiary/aromatic N) is 3. The first kappa shape index (κ1) is 16.9. The van der Waals surface area contributed by atoms with E-state index in [1.807, 2.05) is 0 Å². The van der Waals surface area contributed by atoms with E-state index in [1.54, 1.807) is 36.7 Å². The SMILES string of the molecule is CC(=O)Nc1ccc(SCCCC(=O)Nc2ccncc2)nn1.